The highest BCUT2D eigenvalue weighted by atomic mass is 16.5. The highest BCUT2D eigenvalue weighted by Gasteiger charge is 2.28. The summed E-state index contributed by atoms with van der Waals surface area (Å²) in [5.74, 6) is 0.0770. The molecule has 0 saturated carbocycles. The van der Waals surface area contributed by atoms with Crippen molar-refractivity contribution < 1.29 is 14.6 Å². The number of benzene rings is 2. The van der Waals surface area contributed by atoms with Crippen molar-refractivity contribution >= 4 is 6.09 Å². The summed E-state index contributed by atoms with van der Waals surface area (Å²) in [5, 5.41) is 12.5. The minimum Gasteiger partial charge on any atom is -0.506 e. The number of fused-ring (bicyclic) bond motifs is 3. The number of carbonyl (C=O) groups excluding carboxylic acids is 1. The van der Waals surface area contributed by atoms with Gasteiger partial charge in [0.15, 0.2) is 0 Å². The number of rotatable bonds is 4. The molecule has 136 valence electrons. The second-order valence-corrected chi connectivity index (χ2v) is 6.60. The molecule has 1 aliphatic carbocycles. The van der Waals surface area contributed by atoms with Crippen molar-refractivity contribution in [2.24, 2.45) is 0 Å². The summed E-state index contributed by atoms with van der Waals surface area (Å²) in [6, 6.07) is 19.7. The number of hydrogen-bond acceptors (Lipinski definition) is 4. The van der Waals surface area contributed by atoms with Crippen LogP contribution in [0.2, 0.25) is 0 Å². The van der Waals surface area contributed by atoms with Crippen LogP contribution in [0.5, 0.6) is 5.75 Å². The summed E-state index contributed by atoms with van der Waals surface area (Å²) < 4.78 is 5.47. The van der Waals surface area contributed by atoms with E-state index in [1.165, 1.54) is 22.3 Å². The molecule has 0 atom stereocenters. The van der Waals surface area contributed by atoms with Crippen molar-refractivity contribution in [1.29, 1.82) is 0 Å². The molecule has 1 amide bonds. The Hall–Kier alpha value is -3.34. The van der Waals surface area contributed by atoms with E-state index in [1.54, 1.807) is 12.1 Å². The maximum atomic E-state index is 12.2. The fourth-order valence-electron chi connectivity index (χ4n) is 3.54. The Morgan fingerprint density at radius 3 is 2.33 bits per heavy atom. The van der Waals surface area contributed by atoms with Crippen LogP contribution >= 0.6 is 0 Å². The van der Waals surface area contributed by atoms with Crippen molar-refractivity contribution in [2.75, 3.05) is 6.61 Å². The fraction of sp³-hybridized carbons (Fsp3) is 0.182. The average molecular weight is 360 g/mol. The standard InChI is InChI=1S/C22H20N2O3/c1-14-10-11-21(25)20(24-14)12-23-22(26)27-13-19-17-8-4-2-6-15(17)16-7-3-5-9-18(16)19/h2-11,19,25H,12-13H2,1H3,(H,23,26). The van der Waals surface area contributed by atoms with Gasteiger partial charge in [-0.3, -0.25) is 4.98 Å². The van der Waals surface area contributed by atoms with Crippen molar-refractivity contribution in [3.63, 3.8) is 0 Å². The molecule has 1 aliphatic rings. The fourth-order valence-corrected chi connectivity index (χ4v) is 3.54. The Morgan fingerprint density at radius 1 is 1.04 bits per heavy atom. The van der Waals surface area contributed by atoms with Crippen LogP contribution in [-0.2, 0) is 11.3 Å². The number of ether oxygens (including phenoxy) is 1. The van der Waals surface area contributed by atoms with E-state index in [1.807, 2.05) is 31.2 Å². The third-order valence-corrected chi connectivity index (χ3v) is 4.83. The normalized spacial score (nSPS) is 12.3. The molecule has 0 radical (unpaired) electrons. The van der Waals surface area contributed by atoms with Gasteiger partial charge in [-0.2, -0.15) is 0 Å². The zero-order valence-electron chi connectivity index (χ0n) is 15.0. The van der Waals surface area contributed by atoms with Gasteiger partial charge in [0.1, 0.15) is 18.1 Å². The third kappa shape index (κ3) is 3.36. The number of carbonyl (C=O) groups is 1. The summed E-state index contributed by atoms with van der Waals surface area (Å²) in [5.41, 5.74) is 5.92. The molecule has 0 bridgehead atoms. The molecule has 0 saturated heterocycles. The third-order valence-electron chi connectivity index (χ3n) is 4.83. The molecule has 0 fully saturated rings. The van der Waals surface area contributed by atoms with Gasteiger partial charge in [-0.15, -0.1) is 0 Å². The molecule has 0 aliphatic heterocycles. The van der Waals surface area contributed by atoms with Crippen molar-refractivity contribution in [3.8, 4) is 16.9 Å². The first kappa shape index (κ1) is 17.1. The SMILES string of the molecule is Cc1ccc(O)c(CNC(=O)OCC2c3ccccc3-c3ccccc32)n1. The molecule has 1 heterocycles. The number of amides is 1. The topological polar surface area (TPSA) is 71.5 Å². The molecule has 5 heteroatoms. The molecule has 5 nitrogen and oxygen atoms in total. The smallest absolute Gasteiger partial charge is 0.407 e. The summed E-state index contributed by atoms with van der Waals surface area (Å²) in [4.78, 5) is 16.4. The molecule has 3 aromatic rings. The summed E-state index contributed by atoms with van der Waals surface area (Å²) in [7, 11) is 0. The lowest BCUT2D eigenvalue weighted by atomic mass is 9.98. The summed E-state index contributed by atoms with van der Waals surface area (Å²) in [6.45, 7) is 2.20. The summed E-state index contributed by atoms with van der Waals surface area (Å²) >= 11 is 0. The highest BCUT2D eigenvalue weighted by Crippen LogP contribution is 2.44. The number of aromatic nitrogens is 1. The van der Waals surface area contributed by atoms with E-state index in [0.29, 0.717) is 5.69 Å². The van der Waals surface area contributed by atoms with E-state index in [0.717, 1.165) is 5.69 Å². The van der Waals surface area contributed by atoms with Gasteiger partial charge < -0.3 is 15.2 Å². The largest absolute Gasteiger partial charge is 0.506 e. The van der Waals surface area contributed by atoms with E-state index in [2.05, 4.69) is 34.6 Å². The van der Waals surface area contributed by atoms with Crippen LogP contribution in [0.15, 0.2) is 60.7 Å². The summed E-state index contributed by atoms with van der Waals surface area (Å²) in [6.07, 6.45) is -0.528. The maximum absolute atomic E-state index is 12.2. The van der Waals surface area contributed by atoms with E-state index in [9.17, 15) is 9.90 Å². The Balaban J connectivity index is 1.43. The van der Waals surface area contributed by atoms with Crippen molar-refractivity contribution in [3.05, 3.63) is 83.2 Å². The van der Waals surface area contributed by atoms with Crippen molar-refractivity contribution in [1.82, 2.24) is 10.3 Å². The Bertz CT molecular complexity index is 955. The average Bonchev–Trinajstić information content (AvgIpc) is 3.01. The Morgan fingerprint density at radius 2 is 1.67 bits per heavy atom. The number of aryl methyl sites for hydroxylation is 1. The molecule has 2 N–H and O–H groups in total. The van der Waals surface area contributed by atoms with Gasteiger partial charge >= 0.3 is 6.09 Å². The Labute approximate surface area is 157 Å². The number of pyridine rings is 1. The molecule has 1 aromatic heterocycles. The molecule has 2 aromatic carbocycles. The first-order valence-electron chi connectivity index (χ1n) is 8.88. The van der Waals surface area contributed by atoms with Crippen LogP contribution in [0.3, 0.4) is 0 Å². The van der Waals surface area contributed by atoms with Gasteiger partial charge in [-0.05, 0) is 41.3 Å². The van der Waals surface area contributed by atoms with E-state index in [4.69, 9.17) is 4.74 Å². The van der Waals surface area contributed by atoms with Crippen LogP contribution in [0, 0.1) is 6.92 Å². The first-order valence-corrected chi connectivity index (χ1v) is 8.88. The zero-order chi connectivity index (χ0) is 18.8. The van der Waals surface area contributed by atoms with Gasteiger partial charge in [0.2, 0.25) is 0 Å². The number of aromatic hydroxyl groups is 1. The van der Waals surface area contributed by atoms with Gasteiger partial charge in [0, 0.05) is 11.6 Å². The van der Waals surface area contributed by atoms with Crippen LogP contribution in [-0.4, -0.2) is 22.8 Å². The quantitative estimate of drug-likeness (QED) is 0.734. The number of alkyl carbamates (subject to hydrolysis) is 1. The van der Waals surface area contributed by atoms with E-state index in [-0.39, 0.29) is 24.8 Å². The molecular weight excluding hydrogens is 340 g/mol. The number of hydrogen-bond donors (Lipinski definition) is 2. The first-order chi connectivity index (χ1) is 13.1. The van der Waals surface area contributed by atoms with Crippen LogP contribution in [0.4, 0.5) is 4.79 Å². The van der Waals surface area contributed by atoms with Crippen LogP contribution in [0.1, 0.15) is 28.4 Å². The minimum absolute atomic E-state index is 0.0219. The second kappa shape index (κ2) is 7.11. The lowest BCUT2D eigenvalue weighted by molar-refractivity contribution is 0.142. The van der Waals surface area contributed by atoms with Gasteiger partial charge in [-0.1, -0.05) is 48.5 Å². The molecule has 0 unspecified atom stereocenters. The molecule has 4 rings (SSSR count). The van der Waals surface area contributed by atoms with Gasteiger partial charge in [0.05, 0.1) is 6.54 Å². The zero-order valence-corrected chi connectivity index (χ0v) is 15.0. The molecule has 0 spiro atoms. The lowest BCUT2D eigenvalue weighted by Crippen LogP contribution is -2.26. The van der Waals surface area contributed by atoms with Crippen LogP contribution < -0.4 is 5.32 Å². The lowest BCUT2D eigenvalue weighted by Gasteiger charge is -2.14. The predicted molar refractivity (Wildman–Crippen MR) is 103 cm³/mol. The van der Waals surface area contributed by atoms with Gasteiger partial charge in [0.25, 0.3) is 0 Å². The predicted octanol–water partition coefficient (Wildman–Crippen LogP) is 4.13. The molecule has 27 heavy (non-hydrogen) atoms. The second-order valence-electron chi connectivity index (χ2n) is 6.60. The number of nitrogens with zero attached hydrogens (tertiary/aromatic N) is 1. The number of nitrogens with one attached hydrogen (secondary N) is 1. The van der Waals surface area contributed by atoms with Gasteiger partial charge in [-0.25, -0.2) is 4.79 Å². The molecular formula is C22H20N2O3. The maximum Gasteiger partial charge on any atom is 0.407 e. The van der Waals surface area contributed by atoms with E-state index < -0.39 is 6.09 Å². The van der Waals surface area contributed by atoms with Crippen molar-refractivity contribution in [2.45, 2.75) is 19.4 Å². The van der Waals surface area contributed by atoms with Crippen LogP contribution in [0.25, 0.3) is 11.1 Å². The monoisotopic (exact) mass is 360 g/mol. The minimum atomic E-state index is -0.528. The highest BCUT2D eigenvalue weighted by molar-refractivity contribution is 5.79. The Kier molecular flexibility index (Phi) is 4.50. The van der Waals surface area contributed by atoms with E-state index >= 15 is 0 Å².